The molecule has 0 saturated carbocycles. The molecule has 0 aromatic heterocycles. The molecule has 0 spiro atoms. The quantitative estimate of drug-likeness (QED) is 0.513. The van der Waals surface area contributed by atoms with E-state index in [0.717, 1.165) is 19.0 Å². The van der Waals surface area contributed by atoms with Gasteiger partial charge in [0.15, 0.2) is 0 Å². The van der Waals surface area contributed by atoms with Crippen LogP contribution in [0.25, 0.3) is 0 Å². The number of piperidine rings is 1. The molecule has 0 amide bonds. The third-order valence-electron chi connectivity index (χ3n) is 3.08. The van der Waals surface area contributed by atoms with Gasteiger partial charge in [0.05, 0.1) is 6.61 Å². The van der Waals surface area contributed by atoms with Crippen LogP contribution in [0.5, 0.6) is 0 Å². The fourth-order valence-electron chi connectivity index (χ4n) is 2.02. The molecule has 0 unspecified atom stereocenters. The Morgan fingerprint density at radius 3 is 2.64 bits per heavy atom. The highest BCUT2D eigenvalue weighted by Gasteiger charge is 2.19. The average Bonchev–Trinajstić information content (AvgIpc) is 2.19. The zero-order chi connectivity index (χ0) is 10.4. The van der Waals surface area contributed by atoms with Crippen LogP contribution in [0, 0.1) is 0 Å². The van der Waals surface area contributed by atoms with Gasteiger partial charge in [-0.15, -0.1) is 0 Å². The molecule has 1 aliphatic rings. The van der Waals surface area contributed by atoms with Crippen molar-refractivity contribution in [1.82, 2.24) is 9.80 Å². The monoisotopic (exact) mass is 201 g/mol. The summed E-state index contributed by atoms with van der Waals surface area (Å²) in [7, 11) is 4.39. The first-order valence-electron chi connectivity index (χ1n) is 5.44. The van der Waals surface area contributed by atoms with Crippen molar-refractivity contribution in [2.45, 2.75) is 25.3 Å². The van der Waals surface area contributed by atoms with Gasteiger partial charge in [0.2, 0.25) is 0 Å². The first-order chi connectivity index (χ1) is 6.74. The van der Waals surface area contributed by atoms with Gasteiger partial charge in [0.25, 0.3) is 0 Å². The van der Waals surface area contributed by atoms with Crippen LogP contribution in [-0.4, -0.2) is 56.2 Å². The fraction of sp³-hybridized carbons (Fsp3) is 1.00. The number of likely N-dealkylation sites (tertiary alicyclic amines) is 1. The standard InChI is InChI=1S/C10H23N3O/c1-12-7-4-10(5-8-12)13(2)6-3-9-14-11/h10H,3-9,11H2,1-2H3. The Hall–Kier alpha value is -0.160. The highest BCUT2D eigenvalue weighted by Crippen LogP contribution is 2.13. The summed E-state index contributed by atoms with van der Waals surface area (Å²) in [6.07, 6.45) is 3.60. The third kappa shape index (κ3) is 3.92. The van der Waals surface area contributed by atoms with Crippen molar-refractivity contribution in [3.8, 4) is 0 Å². The largest absolute Gasteiger partial charge is 0.306 e. The maximum atomic E-state index is 4.99. The molecule has 0 aromatic carbocycles. The van der Waals surface area contributed by atoms with Crippen LogP contribution in [0.3, 0.4) is 0 Å². The van der Waals surface area contributed by atoms with Gasteiger partial charge in [-0.1, -0.05) is 0 Å². The lowest BCUT2D eigenvalue weighted by atomic mass is 10.0. The number of hydrogen-bond acceptors (Lipinski definition) is 4. The lowest BCUT2D eigenvalue weighted by Crippen LogP contribution is -2.42. The van der Waals surface area contributed by atoms with Gasteiger partial charge >= 0.3 is 0 Å². The number of hydrogen-bond donors (Lipinski definition) is 1. The van der Waals surface area contributed by atoms with Crippen LogP contribution >= 0.6 is 0 Å². The van der Waals surface area contributed by atoms with Gasteiger partial charge in [-0.05, 0) is 46.4 Å². The van der Waals surface area contributed by atoms with Crippen molar-refractivity contribution >= 4 is 0 Å². The van der Waals surface area contributed by atoms with E-state index in [4.69, 9.17) is 5.90 Å². The van der Waals surface area contributed by atoms with Crippen molar-refractivity contribution in [2.75, 3.05) is 40.3 Å². The molecule has 0 aromatic rings. The number of nitrogens with zero attached hydrogens (tertiary/aromatic N) is 2. The zero-order valence-electron chi connectivity index (χ0n) is 9.41. The van der Waals surface area contributed by atoms with E-state index in [2.05, 4.69) is 28.7 Å². The minimum Gasteiger partial charge on any atom is -0.306 e. The smallest absolute Gasteiger partial charge is 0.0691 e. The maximum Gasteiger partial charge on any atom is 0.0691 e. The molecule has 1 heterocycles. The Balaban J connectivity index is 2.13. The second kappa shape index (κ2) is 6.35. The summed E-state index contributed by atoms with van der Waals surface area (Å²) in [6, 6.07) is 0.754. The van der Waals surface area contributed by atoms with Crippen LogP contribution in [0.15, 0.2) is 0 Å². The molecule has 0 radical (unpaired) electrons. The Morgan fingerprint density at radius 2 is 2.07 bits per heavy atom. The number of nitrogens with two attached hydrogens (primary N) is 1. The Kier molecular flexibility index (Phi) is 5.40. The second-order valence-electron chi connectivity index (χ2n) is 4.24. The van der Waals surface area contributed by atoms with E-state index in [0.29, 0.717) is 6.61 Å². The average molecular weight is 201 g/mol. The molecule has 84 valence electrons. The van der Waals surface area contributed by atoms with E-state index >= 15 is 0 Å². The van der Waals surface area contributed by atoms with Crippen molar-refractivity contribution < 1.29 is 4.84 Å². The van der Waals surface area contributed by atoms with Crippen molar-refractivity contribution in [2.24, 2.45) is 5.90 Å². The zero-order valence-corrected chi connectivity index (χ0v) is 9.41. The summed E-state index contributed by atoms with van der Waals surface area (Å²) in [4.78, 5) is 9.39. The molecule has 14 heavy (non-hydrogen) atoms. The molecular formula is C10H23N3O. The fourth-order valence-corrected chi connectivity index (χ4v) is 2.02. The molecular weight excluding hydrogens is 178 g/mol. The minimum absolute atomic E-state index is 0.664. The summed E-state index contributed by atoms with van der Waals surface area (Å²) in [6.45, 7) is 4.20. The molecule has 1 saturated heterocycles. The lowest BCUT2D eigenvalue weighted by Gasteiger charge is -2.35. The van der Waals surface area contributed by atoms with Gasteiger partial charge in [-0.2, -0.15) is 0 Å². The molecule has 2 N–H and O–H groups in total. The molecule has 0 atom stereocenters. The molecule has 4 nitrogen and oxygen atoms in total. The van der Waals surface area contributed by atoms with Crippen molar-refractivity contribution in [1.29, 1.82) is 0 Å². The second-order valence-corrected chi connectivity index (χ2v) is 4.24. The molecule has 4 heteroatoms. The summed E-state index contributed by atoms with van der Waals surface area (Å²) in [5.74, 6) is 4.99. The van der Waals surface area contributed by atoms with E-state index in [9.17, 15) is 0 Å². The summed E-state index contributed by atoms with van der Waals surface area (Å²) < 4.78 is 0. The van der Waals surface area contributed by atoms with Gasteiger partial charge in [-0.3, -0.25) is 0 Å². The Morgan fingerprint density at radius 1 is 1.43 bits per heavy atom. The van der Waals surface area contributed by atoms with Crippen molar-refractivity contribution in [3.05, 3.63) is 0 Å². The highest BCUT2D eigenvalue weighted by atomic mass is 16.6. The van der Waals surface area contributed by atoms with Gasteiger partial charge < -0.3 is 14.6 Å². The predicted octanol–water partition coefficient (Wildman–Crippen LogP) is 0.293. The van der Waals surface area contributed by atoms with E-state index in [1.54, 1.807) is 0 Å². The van der Waals surface area contributed by atoms with Crippen LogP contribution in [0.2, 0.25) is 0 Å². The first kappa shape index (κ1) is 11.9. The third-order valence-corrected chi connectivity index (χ3v) is 3.08. The van der Waals surface area contributed by atoms with Crippen LogP contribution in [0.4, 0.5) is 0 Å². The molecule has 0 aliphatic carbocycles. The van der Waals surface area contributed by atoms with E-state index in [-0.39, 0.29) is 0 Å². The van der Waals surface area contributed by atoms with Crippen LogP contribution in [0.1, 0.15) is 19.3 Å². The van der Waals surface area contributed by atoms with Crippen LogP contribution in [-0.2, 0) is 4.84 Å². The normalized spacial score (nSPS) is 20.6. The van der Waals surface area contributed by atoms with E-state index in [1.165, 1.54) is 25.9 Å². The topological polar surface area (TPSA) is 41.7 Å². The maximum absolute atomic E-state index is 4.99. The molecule has 0 bridgehead atoms. The summed E-state index contributed by atoms with van der Waals surface area (Å²) in [5.41, 5.74) is 0. The van der Waals surface area contributed by atoms with E-state index in [1.807, 2.05) is 0 Å². The Bertz CT molecular complexity index is 146. The first-order valence-corrected chi connectivity index (χ1v) is 5.44. The van der Waals surface area contributed by atoms with E-state index < -0.39 is 0 Å². The van der Waals surface area contributed by atoms with Gasteiger partial charge in [0, 0.05) is 12.6 Å². The molecule has 1 aliphatic heterocycles. The van der Waals surface area contributed by atoms with Crippen LogP contribution < -0.4 is 5.90 Å². The minimum atomic E-state index is 0.664. The lowest BCUT2D eigenvalue weighted by molar-refractivity contribution is 0.105. The Labute approximate surface area is 86.9 Å². The summed E-state index contributed by atoms with van der Waals surface area (Å²) in [5, 5.41) is 0. The van der Waals surface area contributed by atoms with Gasteiger partial charge in [-0.25, -0.2) is 5.90 Å². The van der Waals surface area contributed by atoms with Gasteiger partial charge in [0.1, 0.15) is 0 Å². The van der Waals surface area contributed by atoms with Crippen molar-refractivity contribution in [3.63, 3.8) is 0 Å². The SMILES string of the molecule is CN1CCC(N(C)CCCON)CC1. The molecule has 1 fully saturated rings. The summed E-state index contributed by atoms with van der Waals surface area (Å²) >= 11 is 0. The highest BCUT2D eigenvalue weighted by molar-refractivity contribution is 4.76. The number of rotatable bonds is 5. The predicted molar refractivity (Wildman–Crippen MR) is 57.9 cm³/mol. The molecule has 1 rings (SSSR count).